The third-order valence-electron chi connectivity index (χ3n) is 5.53. The Hall–Kier alpha value is -3.07. The molecule has 0 unspecified atom stereocenters. The number of nitrogens with zero attached hydrogens (tertiary/aromatic N) is 1. The van der Waals surface area contributed by atoms with Gasteiger partial charge in [0.25, 0.3) is 15.8 Å². The molecule has 0 bridgehead atoms. The fraction of sp³-hybridized carbons (Fsp3) is 0.333. The highest BCUT2D eigenvalue weighted by Crippen LogP contribution is 2.47. The van der Waals surface area contributed by atoms with Crippen LogP contribution in [0.25, 0.3) is 0 Å². The van der Waals surface area contributed by atoms with Gasteiger partial charge < -0.3 is 14.8 Å². The number of amidine groups is 1. The monoisotopic (exact) mass is 427 g/mol. The summed E-state index contributed by atoms with van der Waals surface area (Å²) in [5, 5.41) is 2.81. The number of anilines is 1. The van der Waals surface area contributed by atoms with Gasteiger partial charge in [0.15, 0.2) is 11.5 Å². The first-order valence-corrected chi connectivity index (χ1v) is 11.4. The molecule has 30 heavy (non-hydrogen) atoms. The van der Waals surface area contributed by atoms with Crippen molar-refractivity contribution in [3.8, 4) is 11.5 Å². The molecule has 2 aromatic carbocycles. The third kappa shape index (κ3) is 3.19. The molecule has 1 fully saturated rings. The highest BCUT2D eigenvalue weighted by atomic mass is 32.2. The van der Waals surface area contributed by atoms with Gasteiger partial charge in [0.1, 0.15) is 11.9 Å². The van der Waals surface area contributed by atoms with Gasteiger partial charge in [-0.05, 0) is 44.0 Å². The molecule has 9 heteroatoms. The van der Waals surface area contributed by atoms with Gasteiger partial charge in [-0.3, -0.25) is 14.5 Å². The molecule has 1 aliphatic carbocycles. The molecule has 1 amide bonds. The number of carbonyl (C=O) groups is 1. The smallest absolute Gasteiger partial charge is 0.263 e. The number of rotatable bonds is 3. The molecule has 2 aliphatic heterocycles. The molecule has 0 aromatic heterocycles. The molecular formula is C21H21N3O5S. The van der Waals surface area contributed by atoms with Crippen molar-refractivity contribution < 1.29 is 22.7 Å². The summed E-state index contributed by atoms with van der Waals surface area (Å²) in [4.78, 5) is 17.1. The Bertz CT molecular complexity index is 1170. The molecule has 1 atom stereocenters. The quantitative estimate of drug-likeness (QED) is 0.784. The van der Waals surface area contributed by atoms with E-state index in [1.165, 1.54) is 6.07 Å². The number of hydrogen-bond acceptors (Lipinski definition) is 6. The minimum Gasteiger partial charge on any atom is -0.448 e. The second-order valence-corrected chi connectivity index (χ2v) is 9.38. The summed E-state index contributed by atoms with van der Waals surface area (Å²) in [5.74, 6) is 0.547. The Kier molecular flexibility index (Phi) is 4.25. The van der Waals surface area contributed by atoms with Crippen molar-refractivity contribution in [2.24, 2.45) is 4.99 Å². The van der Waals surface area contributed by atoms with Crippen molar-refractivity contribution >= 4 is 27.5 Å². The Morgan fingerprint density at radius 1 is 1.13 bits per heavy atom. The van der Waals surface area contributed by atoms with E-state index in [1.807, 2.05) is 0 Å². The zero-order valence-corrected chi connectivity index (χ0v) is 17.2. The fourth-order valence-electron chi connectivity index (χ4n) is 4.02. The summed E-state index contributed by atoms with van der Waals surface area (Å²) < 4.78 is 38.8. The van der Waals surface area contributed by atoms with Crippen molar-refractivity contribution in [2.75, 3.05) is 5.32 Å². The number of aliphatic imine (C=N–C) groups is 1. The van der Waals surface area contributed by atoms with Crippen LogP contribution in [0.3, 0.4) is 0 Å². The van der Waals surface area contributed by atoms with Crippen molar-refractivity contribution in [2.45, 2.75) is 49.3 Å². The zero-order chi connectivity index (χ0) is 20.9. The molecule has 156 valence electrons. The third-order valence-corrected chi connectivity index (χ3v) is 6.93. The highest BCUT2D eigenvalue weighted by molar-refractivity contribution is 7.90. The average molecular weight is 427 g/mol. The van der Waals surface area contributed by atoms with Crippen molar-refractivity contribution in [3.63, 3.8) is 0 Å². The topological polar surface area (TPSA) is 106 Å². The lowest BCUT2D eigenvalue weighted by atomic mass is 10.2. The summed E-state index contributed by atoms with van der Waals surface area (Å²) in [7, 11) is -3.65. The van der Waals surface area contributed by atoms with E-state index in [9.17, 15) is 13.2 Å². The minimum atomic E-state index is -3.65. The maximum atomic E-state index is 12.7. The number of carbonyl (C=O) groups excluding carboxylic acids is 1. The van der Waals surface area contributed by atoms with Crippen LogP contribution < -0.4 is 19.5 Å². The standard InChI is InChI=1S/C21H21N3O5S/c1-13(22-19-15-6-2-3-7-18(15)30(26,27)24-19)20(25)23-14-8-9-16-17(12-14)29-21(28-16)10-4-5-11-21/h2-3,6-9,12-13H,4-5,10-11H2,1H3,(H,22,24)(H,23,25)/t13-/m0/s1. The van der Waals surface area contributed by atoms with Gasteiger partial charge in [0.05, 0.1) is 4.90 Å². The molecule has 2 aromatic rings. The van der Waals surface area contributed by atoms with Crippen LogP contribution in [-0.4, -0.2) is 32.0 Å². The van der Waals surface area contributed by atoms with Crippen molar-refractivity contribution in [3.05, 3.63) is 48.0 Å². The van der Waals surface area contributed by atoms with E-state index in [1.54, 1.807) is 43.3 Å². The normalized spacial score (nSPS) is 22.0. The van der Waals surface area contributed by atoms with Gasteiger partial charge in [-0.1, -0.05) is 12.1 Å². The van der Waals surface area contributed by atoms with E-state index in [0.29, 0.717) is 22.7 Å². The Morgan fingerprint density at radius 3 is 2.67 bits per heavy atom. The highest BCUT2D eigenvalue weighted by Gasteiger charge is 2.44. The number of benzene rings is 2. The molecule has 2 heterocycles. The van der Waals surface area contributed by atoms with Crippen LogP contribution >= 0.6 is 0 Å². The van der Waals surface area contributed by atoms with Crippen LogP contribution in [0.2, 0.25) is 0 Å². The predicted octanol–water partition coefficient (Wildman–Crippen LogP) is 2.79. The molecule has 0 radical (unpaired) electrons. The molecule has 3 aliphatic rings. The number of amides is 1. The van der Waals surface area contributed by atoms with Gasteiger partial charge in [-0.25, -0.2) is 8.42 Å². The van der Waals surface area contributed by atoms with Crippen LogP contribution in [-0.2, 0) is 14.8 Å². The number of fused-ring (bicyclic) bond motifs is 2. The molecule has 1 spiro atoms. The minimum absolute atomic E-state index is 0.160. The van der Waals surface area contributed by atoms with E-state index in [2.05, 4.69) is 15.0 Å². The fourth-order valence-corrected chi connectivity index (χ4v) is 5.26. The number of ether oxygens (including phenoxy) is 2. The average Bonchev–Trinajstić information content (AvgIpc) is 3.38. The number of sulfonamides is 1. The van der Waals surface area contributed by atoms with Gasteiger partial charge >= 0.3 is 0 Å². The molecule has 2 N–H and O–H groups in total. The van der Waals surface area contributed by atoms with Crippen LogP contribution in [0.15, 0.2) is 52.4 Å². The Balaban J connectivity index is 1.32. The second kappa shape index (κ2) is 6.73. The molecule has 5 rings (SSSR count). The molecular weight excluding hydrogens is 406 g/mol. The SMILES string of the molecule is C[C@H](N=C1NS(=O)(=O)c2ccccc21)C(=O)Nc1ccc2c(c1)OC1(CCCC1)O2. The molecule has 8 nitrogen and oxygen atoms in total. The van der Waals surface area contributed by atoms with E-state index in [-0.39, 0.29) is 16.6 Å². The van der Waals surface area contributed by atoms with E-state index in [4.69, 9.17) is 9.47 Å². The Labute approximate surface area is 174 Å². The lowest BCUT2D eigenvalue weighted by Gasteiger charge is -2.21. The van der Waals surface area contributed by atoms with Crippen molar-refractivity contribution in [1.29, 1.82) is 0 Å². The van der Waals surface area contributed by atoms with E-state index < -0.39 is 21.9 Å². The summed E-state index contributed by atoms with van der Waals surface area (Å²) >= 11 is 0. The van der Waals surface area contributed by atoms with Gasteiger partial charge in [0.2, 0.25) is 5.91 Å². The van der Waals surface area contributed by atoms with Crippen LogP contribution in [0.5, 0.6) is 11.5 Å². The Morgan fingerprint density at radius 2 is 1.87 bits per heavy atom. The number of nitrogens with one attached hydrogen (secondary N) is 2. The van der Waals surface area contributed by atoms with Crippen LogP contribution in [0.1, 0.15) is 38.2 Å². The second-order valence-electron chi connectivity index (χ2n) is 7.73. The maximum absolute atomic E-state index is 12.7. The predicted molar refractivity (Wildman–Crippen MR) is 110 cm³/mol. The molecule has 0 saturated heterocycles. The first-order chi connectivity index (χ1) is 14.4. The van der Waals surface area contributed by atoms with Gasteiger partial charge in [0, 0.05) is 30.2 Å². The first kappa shape index (κ1) is 18.9. The van der Waals surface area contributed by atoms with Crippen LogP contribution in [0, 0.1) is 0 Å². The largest absolute Gasteiger partial charge is 0.448 e. The van der Waals surface area contributed by atoms with Gasteiger partial charge in [-0.15, -0.1) is 0 Å². The zero-order valence-electron chi connectivity index (χ0n) is 16.3. The summed E-state index contributed by atoms with van der Waals surface area (Å²) in [6, 6.07) is 11.0. The summed E-state index contributed by atoms with van der Waals surface area (Å²) in [5.41, 5.74) is 1.03. The van der Waals surface area contributed by atoms with Crippen molar-refractivity contribution in [1.82, 2.24) is 4.72 Å². The lowest BCUT2D eigenvalue weighted by molar-refractivity contribution is -0.117. The summed E-state index contributed by atoms with van der Waals surface area (Å²) in [6.07, 6.45) is 3.86. The lowest BCUT2D eigenvalue weighted by Crippen LogP contribution is -2.34. The maximum Gasteiger partial charge on any atom is 0.263 e. The first-order valence-electron chi connectivity index (χ1n) is 9.88. The van der Waals surface area contributed by atoms with Crippen LogP contribution in [0.4, 0.5) is 5.69 Å². The van der Waals surface area contributed by atoms with Gasteiger partial charge in [-0.2, -0.15) is 0 Å². The molecule has 1 saturated carbocycles. The van der Waals surface area contributed by atoms with E-state index >= 15 is 0 Å². The number of hydrogen-bond donors (Lipinski definition) is 2. The summed E-state index contributed by atoms with van der Waals surface area (Å²) in [6.45, 7) is 1.61. The van der Waals surface area contributed by atoms with E-state index in [0.717, 1.165) is 25.7 Å².